The van der Waals surface area contributed by atoms with Gasteiger partial charge in [0.1, 0.15) is 5.82 Å². The summed E-state index contributed by atoms with van der Waals surface area (Å²) in [4.78, 5) is 11.2. The monoisotopic (exact) mass is 281 g/mol. The topological polar surface area (TPSA) is 35.2 Å². The maximum atomic E-state index is 9.75. The molecule has 1 aromatic heterocycles. The first-order chi connectivity index (χ1) is 8.72. The van der Waals surface area contributed by atoms with Gasteiger partial charge >= 0.3 is 7.25 Å². The van der Waals surface area contributed by atoms with Crippen molar-refractivity contribution in [1.29, 1.82) is 0 Å². The van der Waals surface area contributed by atoms with Crippen LogP contribution in [0.5, 0.6) is 0 Å². The Hall–Kier alpha value is -1.67. The quantitative estimate of drug-likeness (QED) is 0.635. The molecule has 0 radical (unpaired) electrons. The lowest BCUT2D eigenvalue weighted by atomic mass is 10.3. The average molecular weight is 281 g/mol. The zero-order valence-electron chi connectivity index (χ0n) is 11.2. The van der Waals surface area contributed by atoms with E-state index in [1.54, 1.807) is 12.4 Å². The molecule has 2 heterocycles. The first kappa shape index (κ1) is 17.3. The van der Waals surface area contributed by atoms with Gasteiger partial charge in [0.15, 0.2) is 0 Å². The molecule has 0 amide bonds. The van der Waals surface area contributed by atoms with Crippen molar-refractivity contribution < 1.29 is 17.3 Å². The van der Waals surface area contributed by atoms with Crippen LogP contribution in [-0.2, 0) is 0 Å². The molecular formula is C10H18BF4N4-. The molecule has 1 aromatic rings. The SMILES string of the molecule is CCN1C=CN(C)C1.Cc1ncc[nH]1.F[B-](F)(F)F. The number of aryl methyl sites for hydroxylation is 1. The van der Waals surface area contributed by atoms with Crippen molar-refractivity contribution >= 4 is 7.25 Å². The minimum absolute atomic E-state index is 0.968. The molecule has 4 nitrogen and oxygen atoms in total. The first-order valence-corrected chi connectivity index (χ1v) is 5.68. The van der Waals surface area contributed by atoms with E-state index in [0.717, 1.165) is 19.0 Å². The summed E-state index contributed by atoms with van der Waals surface area (Å²) in [6, 6.07) is 0. The smallest absolute Gasteiger partial charge is 0.418 e. The Morgan fingerprint density at radius 1 is 1.32 bits per heavy atom. The number of imidazole rings is 1. The van der Waals surface area contributed by atoms with E-state index in [1.165, 1.54) is 0 Å². The van der Waals surface area contributed by atoms with E-state index >= 15 is 0 Å². The minimum Gasteiger partial charge on any atom is -0.418 e. The van der Waals surface area contributed by atoms with Crippen LogP contribution in [0.15, 0.2) is 24.8 Å². The van der Waals surface area contributed by atoms with Crippen LogP contribution in [0.4, 0.5) is 17.3 Å². The Labute approximate surface area is 110 Å². The van der Waals surface area contributed by atoms with Gasteiger partial charge in [-0.1, -0.05) is 0 Å². The van der Waals surface area contributed by atoms with Gasteiger partial charge in [0.05, 0.1) is 6.67 Å². The summed E-state index contributed by atoms with van der Waals surface area (Å²) in [6.45, 7) is 6.24. The maximum absolute atomic E-state index is 9.75. The fraction of sp³-hybridized carbons (Fsp3) is 0.500. The Bertz CT molecular complexity index is 347. The molecule has 0 aliphatic carbocycles. The highest BCUT2D eigenvalue weighted by Gasteiger charge is 2.20. The van der Waals surface area contributed by atoms with Crippen molar-refractivity contribution in [2.45, 2.75) is 13.8 Å². The molecule has 0 saturated heterocycles. The van der Waals surface area contributed by atoms with Crippen molar-refractivity contribution in [2.75, 3.05) is 20.3 Å². The minimum atomic E-state index is -6.00. The van der Waals surface area contributed by atoms with Gasteiger partial charge in [0, 0.05) is 38.4 Å². The Morgan fingerprint density at radius 2 is 1.89 bits per heavy atom. The Balaban J connectivity index is 0.000000265. The molecule has 110 valence electrons. The fourth-order valence-electron chi connectivity index (χ4n) is 1.14. The van der Waals surface area contributed by atoms with Gasteiger partial charge < -0.3 is 32.0 Å². The Kier molecular flexibility index (Phi) is 7.70. The molecule has 1 aliphatic rings. The fourth-order valence-corrected chi connectivity index (χ4v) is 1.14. The van der Waals surface area contributed by atoms with Gasteiger partial charge in [0.2, 0.25) is 0 Å². The second-order valence-electron chi connectivity index (χ2n) is 3.77. The van der Waals surface area contributed by atoms with E-state index in [0.29, 0.717) is 0 Å². The highest BCUT2D eigenvalue weighted by atomic mass is 19.5. The van der Waals surface area contributed by atoms with E-state index < -0.39 is 7.25 Å². The van der Waals surface area contributed by atoms with Crippen molar-refractivity contribution in [2.24, 2.45) is 0 Å². The van der Waals surface area contributed by atoms with Gasteiger partial charge in [0.25, 0.3) is 0 Å². The predicted octanol–water partition coefficient (Wildman–Crippen LogP) is 2.70. The number of nitrogens with zero attached hydrogens (tertiary/aromatic N) is 3. The third-order valence-electron chi connectivity index (χ3n) is 1.98. The van der Waals surface area contributed by atoms with Crippen LogP contribution in [-0.4, -0.2) is 47.3 Å². The van der Waals surface area contributed by atoms with Gasteiger partial charge in [-0.2, -0.15) is 0 Å². The van der Waals surface area contributed by atoms with E-state index in [1.807, 2.05) is 6.92 Å². The molecule has 0 atom stereocenters. The van der Waals surface area contributed by atoms with Gasteiger partial charge in [-0.05, 0) is 13.8 Å². The highest BCUT2D eigenvalue weighted by Crippen LogP contribution is 2.06. The highest BCUT2D eigenvalue weighted by molar-refractivity contribution is 6.50. The van der Waals surface area contributed by atoms with Crippen LogP contribution in [0.25, 0.3) is 0 Å². The standard InChI is InChI=1S/C6H12N2.C4H6N2.BF4/c1-3-8-5-4-7(2)6-8;1-4-5-2-3-6-4;2-1(3,4)5/h4-5H,3,6H2,1-2H3;2-3H,1H3,(H,5,6);/q;;-1. The number of halogens is 4. The molecule has 1 N–H and O–H groups in total. The number of aromatic nitrogens is 2. The molecule has 0 fully saturated rings. The lowest BCUT2D eigenvalue weighted by molar-refractivity contribution is 0.308. The number of hydrogen-bond acceptors (Lipinski definition) is 3. The normalized spacial score (nSPS) is 13.6. The number of hydrogen-bond donors (Lipinski definition) is 1. The van der Waals surface area contributed by atoms with Gasteiger partial charge in [-0.3, -0.25) is 0 Å². The predicted molar refractivity (Wildman–Crippen MR) is 67.7 cm³/mol. The zero-order chi connectivity index (χ0) is 14.9. The molecule has 0 saturated carbocycles. The second kappa shape index (κ2) is 8.44. The van der Waals surface area contributed by atoms with E-state index in [9.17, 15) is 17.3 Å². The number of aromatic amines is 1. The molecule has 19 heavy (non-hydrogen) atoms. The summed E-state index contributed by atoms with van der Waals surface area (Å²) in [5, 5.41) is 0. The summed E-state index contributed by atoms with van der Waals surface area (Å²) in [6.07, 6.45) is 7.73. The second-order valence-corrected chi connectivity index (χ2v) is 3.77. The molecule has 1 aliphatic heterocycles. The summed E-state index contributed by atoms with van der Waals surface area (Å²) in [5.41, 5.74) is 0. The zero-order valence-corrected chi connectivity index (χ0v) is 11.2. The van der Waals surface area contributed by atoms with Crippen molar-refractivity contribution in [1.82, 2.24) is 19.8 Å². The van der Waals surface area contributed by atoms with Crippen LogP contribution < -0.4 is 0 Å². The van der Waals surface area contributed by atoms with Crippen LogP contribution in [0.2, 0.25) is 0 Å². The van der Waals surface area contributed by atoms with Crippen molar-refractivity contribution in [3.63, 3.8) is 0 Å². The first-order valence-electron chi connectivity index (χ1n) is 5.68. The molecule has 9 heteroatoms. The Morgan fingerprint density at radius 3 is 2.05 bits per heavy atom. The third-order valence-corrected chi connectivity index (χ3v) is 1.98. The summed E-state index contributed by atoms with van der Waals surface area (Å²) in [5.74, 6) is 0.968. The average Bonchev–Trinajstić information content (AvgIpc) is 2.88. The maximum Gasteiger partial charge on any atom is 0.673 e. The molecule has 0 unspecified atom stereocenters. The third kappa shape index (κ3) is 12.6. The lowest BCUT2D eigenvalue weighted by Crippen LogP contribution is -2.21. The molecule has 0 bridgehead atoms. The van der Waals surface area contributed by atoms with Crippen LogP contribution in [0.3, 0.4) is 0 Å². The van der Waals surface area contributed by atoms with Gasteiger partial charge in [-0.15, -0.1) is 0 Å². The number of H-pyrrole nitrogens is 1. The summed E-state index contributed by atoms with van der Waals surface area (Å²) in [7, 11) is -3.92. The number of rotatable bonds is 1. The molecule has 0 aromatic carbocycles. The summed E-state index contributed by atoms with van der Waals surface area (Å²) < 4.78 is 39.0. The molecule has 0 spiro atoms. The summed E-state index contributed by atoms with van der Waals surface area (Å²) >= 11 is 0. The largest absolute Gasteiger partial charge is 0.673 e. The molecule has 2 rings (SSSR count). The van der Waals surface area contributed by atoms with Crippen molar-refractivity contribution in [3.8, 4) is 0 Å². The van der Waals surface area contributed by atoms with Crippen LogP contribution >= 0.6 is 0 Å². The van der Waals surface area contributed by atoms with E-state index in [2.05, 4.69) is 46.1 Å². The van der Waals surface area contributed by atoms with Crippen LogP contribution in [0, 0.1) is 6.92 Å². The van der Waals surface area contributed by atoms with E-state index in [4.69, 9.17) is 0 Å². The lowest BCUT2D eigenvalue weighted by Gasteiger charge is -2.14. The van der Waals surface area contributed by atoms with Gasteiger partial charge in [-0.25, -0.2) is 4.98 Å². The van der Waals surface area contributed by atoms with Crippen LogP contribution in [0.1, 0.15) is 12.7 Å². The number of nitrogens with one attached hydrogen (secondary N) is 1. The molecular weight excluding hydrogens is 263 g/mol. The van der Waals surface area contributed by atoms with Crippen molar-refractivity contribution in [3.05, 3.63) is 30.6 Å². The van der Waals surface area contributed by atoms with E-state index in [-0.39, 0.29) is 0 Å².